The summed E-state index contributed by atoms with van der Waals surface area (Å²) in [5.41, 5.74) is 1.89. The maximum Gasteiger partial charge on any atom is 0.257 e. The number of methoxy groups -OCH3 is 1. The van der Waals surface area contributed by atoms with Gasteiger partial charge >= 0.3 is 0 Å². The highest BCUT2D eigenvalue weighted by Crippen LogP contribution is 2.17. The van der Waals surface area contributed by atoms with Crippen molar-refractivity contribution in [2.75, 3.05) is 20.3 Å². The molecule has 3 aromatic rings. The van der Waals surface area contributed by atoms with E-state index in [-0.39, 0.29) is 30.8 Å². The van der Waals surface area contributed by atoms with Crippen molar-refractivity contribution in [3.05, 3.63) is 81.4 Å². The fourth-order valence-corrected chi connectivity index (χ4v) is 3.01. The van der Waals surface area contributed by atoms with Crippen LogP contribution in [0.3, 0.4) is 0 Å². The number of nitrogens with zero attached hydrogens (tertiary/aromatic N) is 1. The molecule has 0 atom stereocenters. The van der Waals surface area contributed by atoms with Gasteiger partial charge in [0.15, 0.2) is 0 Å². The van der Waals surface area contributed by atoms with E-state index >= 15 is 0 Å². The average Bonchev–Trinajstić information content (AvgIpc) is 2.66. The fraction of sp³-hybridized carbons (Fsp3) is 0.238. The first kappa shape index (κ1) is 18.8. The van der Waals surface area contributed by atoms with Gasteiger partial charge < -0.3 is 14.6 Å². The molecule has 0 aliphatic rings. The third-order valence-corrected chi connectivity index (χ3v) is 4.48. The molecule has 0 saturated carbocycles. The summed E-state index contributed by atoms with van der Waals surface area (Å²) >= 11 is 0. The number of pyridine rings is 1. The standard InChI is InChI=1S/C21H21FN2O3/c1-14-6-5-7-15-12-16(20(25)23-19(14)15)13-24(10-11-27-2)21(26)17-8-3-4-9-18(17)22/h3-9,12H,10-11,13H2,1-2H3,(H,23,25). The number of halogens is 1. The zero-order chi connectivity index (χ0) is 19.4. The summed E-state index contributed by atoms with van der Waals surface area (Å²) in [4.78, 5) is 29.6. The Hall–Kier alpha value is -2.99. The van der Waals surface area contributed by atoms with Crippen LogP contribution >= 0.6 is 0 Å². The Bertz CT molecular complexity index is 1030. The first-order valence-electron chi connectivity index (χ1n) is 8.65. The number of rotatable bonds is 6. The van der Waals surface area contributed by atoms with Gasteiger partial charge in [-0.25, -0.2) is 4.39 Å². The Kier molecular flexibility index (Phi) is 5.66. The molecule has 0 aliphatic heterocycles. The van der Waals surface area contributed by atoms with Crippen LogP contribution in [0.5, 0.6) is 0 Å². The number of hydrogen-bond acceptors (Lipinski definition) is 3. The number of ether oxygens (including phenoxy) is 1. The molecule has 0 aliphatic carbocycles. The Morgan fingerprint density at radius 1 is 1.19 bits per heavy atom. The van der Waals surface area contributed by atoms with E-state index in [1.165, 1.54) is 30.2 Å². The lowest BCUT2D eigenvalue weighted by atomic mass is 10.1. The minimum atomic E-state index is -0.590. The molecule has 2 aromatic carbocycles. The largest absolute Gasteiger partial charge is 0.383 e. The molecule has 0 unspecified atom stereocenters. The van der Waals surface area contributed by atoms with Gasteiger partial charge in [0.1, 0.15) is 5.82 Å². The van der Waals surface area contributed by atoms with E-state index in [9.17, 15) is 14.0 Å². The third-order valence-electron chi connectivity index (χ3n) is 4.48. The van der Waals surface area contributed by atoms with Gasteiger partial charge in [-0.1, -0.05) is 30.3 Å². The summed E-state index contributed by atoms with van der Waals surface area (Å²) in [6, 6.07) is 13.3. The third kappa shape index (κ3) is 4.06. The van der Waals surface area contributed by atoms with Gasteiger partial charge in [-0.15, -0.1) is 0 Å². The minimum absolute atomic E-state index is 0.0262. The summed E-state index contributed by atoms with van der Waals surface area (Å²) < 4.78 is 19.1. The fourth-order valence-electron chi connectivity index (χ4n) is 3.01. The van der Waals surface area contributed by atoms with Crippen molar-refractivity contribution in [2.24, 2.45) is 0 Å². The molecule has 1 N–H and O–H groups in total. The monoisotopic (exact) mass is 368 g/mol. The summed E-state index contributed by atoms with van der Waals surface area (Å²) in [5, 5.41) is 0.884. The highest BCUT2D eigenvalue weighted by molar-refractivity contribution is 5.94. The number of amides is 1. The number of aromatic nitrogens is 1. The molecule has 5 nitrogen and oxygen atoms in total. The number of aryl methyl sites for hydroxylation is 1. The number of hydrogen-bond donors (Lipinski definition) is 1. The Morgan fingerprint density at radius 2 is 1.96 bits per heavy atom. The van der Waals surface area contributed by atoms with Crippen molar-refractivity contribution in [1.82, 2.24) is 9.88 Å². The summed E-state index contributed by atoms with van der Waals surface area (Å²) in [7, 11) is 1.53. The van der Waals surface area contributed by atoms with Gasteiger partial charge in [-0.05, 0) is 36.1 Å². The number of carbonyl (C=O) groups is 1. The van der Waals surface area contributed by atoms with Gasteiger partial charge in [0.2, 0.25) is 0 Å². The van der Waals surface area contributed by atoms with Gasteiger partial charge in [0, 0.05) is 19.2 Å². The van der Waals surface area contributed by atoms with Crippen LogP contribution < -0.4 is 5.56 Å². The lowest BCUT2D eigenvalue weighted by Gasteiger charge is -2.22. The average molecular weight is 368 g/mol. The Balaban J connectivity index is 1.96. The van der Waals surface area contributed by atoms with E-state index in [1.54, 1.807) is 12.1 Å². The van der Waals surface area contributed by atoms with Crippen LogP contribution in [0.15, 0.2) is 53.3 Å². The quantitative estimate of drug-likeness (QED) is 0.726. The van der Waals surface area contributed by atoms with E-state index in [4.69, 9.17) is 4.74 Å². The first-order chi connectivity index (χ1) is 13.0. The second-order valence-electron chi connectivity index (χ2n) is 6.36. The molecule has 0 bridgehead atoms. The van der Waals surface area contributed by atoms with Crippen LogP contribution in [0.1, 0.15) is 21.5 Å². The number of benzene rings is 2. The second kappa shape index (κ2) is 8.14. The molecule has 0 spiro atoms. The number of nitrogens with one attached hydrogen (secondary N) is 1. The summed E-state index contributed by atoms with van der Waals surface area (Å²) in [6.07, 6.45) is 0. The molecule has 0 radical (unpaired) electrons. The Labute approximate surface area is 156 Å². The van der Waals surface area contributed by atoms with Crippen LogP contribution in [-0.2, 0) is 11.3 Å². The Morgan fingerprint density at radius 3 is 2.70 bits per heavy atom. The molecule has 1 aromatic heterocycles. The molecule has 1 amide bonds. The van der Waals surface area contributed by atoms with Crippen molar-refractivity contribution >= 4 is 16.8 Å². The van der Waals surface area contributed by atoms with E-state index in [1.807, 2.05) is 25.1 Å². The van der Waals surface area contributed by atoms with Crippen molar-refractivity contribution in [3.63, 3.8) is 0 Å². The van der Waals surface area contributed by atoms with Crippen LogP contribution in [0.4, 0.5) is 4.39 Å². The van der Waals surface area contributed by atoms with E-state index in [2.05, 4.69) is 4.98 Å². The van der Waals surface area contributed by atoms with Gasteiger partial charge in [-0.2, -0.15) is 0 Å². The molecular formula is C21H21FN2O3. The molecular weight excluding hydrogens is 347 g/mol. The van der Waals surface area contributed by atoms with Gasteiger partial charge in [-0.3, -0.25) is 9.59 Å². The number of fused-ring (bicyclic) bond motifs is 1. The van der Waals surface area contributed by atoms with Crippen molar-refractivity contribution in [1.29, 1.82) is 0 Å². The molecule has 0 fully saturated rings. The predicted molar refractivity (Wildman–Crippen MR) is 102 cm³/mol. The maximum atomic E-state index is 14.0. The zero-order valence-corrected chi connectivity index (χ0v) is 15.3. The smallest absolute Gasteiger partial charge is 0.257 e. The van der Waals surface area contributed by atoms with E-state index in [0.29, 0.717) is 5.56 Å². The normalized spacial score (nSPS) is 10.9. The summed E-state index contributed by atoms with van der Waals surface area (Å²) in [5.74, 6) is -1.07. The molecule has 0 saturated heterocycles. The number of aromatic amines is 1. The molecule has 140 valence electrons. The lowest BCUT2D eigenvalue weighted by Crippen LogP contribution is -2.35. The van der Waals surface area contributed by atoms with Gasteiger partial charge in [0.05, 0.1) is 24.2 Å². The number of para-hydroxylation sites is 1. The topological polar surface area (TPSA) is 62.4 Å². The number of carbonyl (C=O) groups excluding carboxylic acids is 1. The zero-order valence-electron chi connectivity index (χ0n) is 15.3. The molecule has 3 rings (SSSR count). The SMILES string of the molecule is COCCN(Cc1cc2cccc(C)c2[nH]c1=O)C(=O)c1ccccc1F. The van der Waals surface area contributed by atoms with Crippen LogP contribution in [0.25, 0.3) is 10.9 Å². The first-order valence-corrected chi connectivity index (χ1v) is 8.65. The summed E-state index contributed by atoms with van der Waals surface area (Å²) in [6.45, 7) is 2.51. The van der Waals surface area contributed by atoms with Crippen molar-refractivity contribution in [3.8, 4) is 0 Å². The van der Waals surface area contributed by atoms with Crippen LogP contribution in [-0.4, -0.2) is 36.1 Å². The van der Waals surface area contributed by atoms with Gasteiger partial charge in [0.25, 0.3) is 11.5 Å². The highest BCUT2D eigenvalue weighted by Gasteiger charge is 2.20. The van der Waals surface area contributed by atoms with Crippen molar-refractivity contribution < 1.29 is 13.9 Å². The molecule has 1 heterocycles. The highest BCUT2D eigenvalue weighted by atomic mass is 19.1. The number of H-pyrrole nitrogens is 1. The molecule has 27 heavy (non-hydrogen) atoms. The molecule has 6 heteroatoms. The second-order valence-corrected chi connectivity index (χ2v) is 6.36. The predicted octanol–water partition coefficient (Wildman–Crippen LogP) is 3.26. The maximum absolute atomic E-state index is 14.0. The van der Waals surface area contributed by atoms with Crippen LogP contribution in [0, 0.1) is 12.7 Å². The van der Waals surface area contributed by atoms with E-state index < -0.39 is 11.7 Å². The van der Waals surface area contributed by atoms with E-state index in [0.717, 1.165) is 16.5 Å². The van der Waals surface area contributed by atoms with Crippen LogP contribution in [0.2, 0.25) is 0 Å². The lowest BCUT2D eigenvalue weighted by molar-refractivity contribution is 0.0675. The minimum Gasteiger partial charge on any atom is -0.383 e. The van der Waals surface area contributed by atoms with Crippen molar-refractivity contribution in [2.45, 2.75) is 13.5 Å².